The Balaban J connectivity index is 0.00000228. The van der Waals surface area contributed by atoms with Gasteiger partial charge in [-0.05, 0) is 64.1 Å². The molecule has 2 heterocycles. The van der Waals surface area contributed by atoms with Crippen LogP contribution >= 0.6 is 37.2 Å². The molecule has 2 unspecified atom stereocenters. The van der Waals surface area contributed by atoms with Gasteiger partial charge in [0.1, 0.15) is 23.6 Å². The van der Waals surface area contributed by atoms with Crippen molar-refractivity contribution in [2.24, 2.45) is 11.7 Å². The first-order valence-corrected chi connectivity index (χ1v) is 13.2. The molecule has 1 saturated carbocycles. The van der Waals surface area contributed by atoms with Crippen LogP contribution in [0.25, 0.3) is 10.9 Å². The molecule has 1 aliphatic heterocycles. The third kappa shape index (κ3) is 9.01. The van der Waals surface area contributed by atoms with E-state index in [9.17, 15) is 0 Å². The zero-order valence-electron chi connectivity index (χ0n) is 22.5. The first-order chi connectivity index (χ1) is 16.6. The number of aromatic nitrogens is 1. The lowest BCUT2D eigenvalue weighted by molar-refractivity contribution is 0.0939. The molecule has 1 aromatic heterocycles. The number of halogens is 3. The minimum Gasteiger partial charge on any atom is -0.491 e. The van der Waals surface area contributed by atoms with E-state index in [0.29, 0.717) is 25.2 Å². The molecular formula is C28H46Cl3N3O3. The monoisotopic (exact) mass is 577 g/mol. The molecule has 6 nitrogen and oxygen atoms in total. The summed E-state index contributed by atoms with van der Waals surface area (Å²) in [6.07, 6.45) is 9.55. The second kappa shape index (κ2) is 16.8. The maximum Gasteiger partial charge on any atom is 0.145 e. The number of benzene rings is 1. The van der Waals surface area contributed by atoms with Gasteiger partial charge in [-0.2, -0.15) is 0 Å². The molecule has 1 aliphatic carbocycles. The van der Waals surface area contributed by atoms with Gasteiger partial charge in [-0.15, -0.1) is 37.2 Å². The first kappa shape index (κ1) is 34.0. The van der Waals surface area contributed by atoms with Gasteiger partial charge in [0.2, 0.25) is 0 Å². The number of piperidine rings is 1. The molecule has 2 fully saturated rings. The number of hydrogen-bond acceptors (Lipinski definition) is 6. The van der Waals surface area contributed by atoms with Gasteiger partial charge >= 0.3 is 0 Å². The van der Waals surface area contributed by atoms with Gasteiger partial charge in [-0.3, -0.25) is 4.90 Å². The number of pyridine rings is 1. The fourth-order valence-electron chi connectivity index (χ4n) is 5.62. The number of fused-ring (bicyclic) bond motifs is 1. The van der Waals surface area contributed by atoms with Crippen molar-refractivity contribution >= 4 is 48.1 Å². The average Bonchev–Trinajstić information content (AvgIpc) is 2.84. The molecule has 0 bridgehead atoms. The molecule has 1 saturated heterocycles. The van der Waals surface area contributed by atoms with Crippen LogP contribution in [-0.4, -0.2) is 61.5 Å². The summed E-state index contributed by atoms with van der Waals surface area (Å²) in [5, 5.41) is 0.995. The summed E-state index contributed by atoms with van der Waals surface area (Å²) in [4.78, 5) is 7.67. The van der Waals surface area contributed by atoms with Crippen LogP contribution in [0.5, 0.6) is 11.5 Å². The number of nitrogens with two attached hydrogens (primary N) is 1. The zero-order valence-corrected chi connectivity index (χ0v) is 25.0. The Kier molecular flexibility index (Phi) is 15.5. The lowest BCUT2D eigenvalue weighted by Crippen LogP contribution is -2.55. The molecule has 1 aromatic carbocycles. The van der Waals surface area contributed by atoms with Crippen LogP contribution in [0.15, 0.2) is 24.3 Å². The molecule has 0 radical (unpaired) electrons. The number of hydrogen-bond donors (Lipinski definition) is 1. The first-order valence-electron chi connectivity index (χ1n) is 13.2. The normalized spacial score (nSPS) is 20.6. The Morgan fingerprint density at radius 3 is 2.43 bits per heavy atom. The van der Waals surface area contributed by atoms with Crippen LogP contribution in [0.2, 0.25) is 0 Å². The van der Waals surface area contributed by atoms with Crippen LogP contribution in [0.4, 0.5) is 0 Å². The Morgan fingerprint density at radius 2 is 1.73 bits per heavy atom. The quantitative estimate of drug-likeness (QED) is 0.337. The summed E-state index contributed by atoms with van der Waals surface area (Å²) < 4.78 is 17.8. The predicted octanol–water partition coefficient (Wildman–Crippen LogP) is 6.23. The van der Waals surface area contributed by atoms with Gasteiger partial charge in [-0.25, -0.2) is 4.98 Å². The highest BCUT2D eigenvalue weighted by Crippen LogP contribution is 2.34. The van der Waals surface area contributed by atoms with Crippen molar-refractivity contribution in [1.29, 1.82) is 0 Å². The third-order valence-corrected chi connectivity index (χ3v) is 7.52. The lowest BCUT2D eigenvalue weighted by atomic mass is 9.90. The number of nitrogens with zero attached hydrogens (tertiary/aromatic N) is 2. The van der Waals surface area contributed by atoms with E-state index in [1.807, 2.05) is 12.1 Å². The van der Waals surface area contributed by atoms with E-state index >= 15 is 0 Å². The van der Waals surface area contributed by atoms with Crippen molar-refractivity contribution in [2.45, 2.75) is 83.3 Å². The molecule has 4 rings (SSSR count). The predicted molar refractivity (Wildman–Crippen MR) is 159 cm³/mol. The minimum atomic E-state index is 0. The van der Waals surface area contributed by atoms with Gasteiger partial charge in [0.15, 0.2) is 0 Å². The Bertz CT molecular complexity index is 928. The third-order valence-electron chi connectivity index (χ3n) is 7.52. The number of likely N-dealkylation sites (tertiary alicyclic amines) is 1. The van der Waals surface area contributed by atoms with Gasteiger partial charge < -0.3 is 19.9 Å². The van der Waals surface area contributed by atoms with Crippen LogP contribution < -0.4 is 15.2 Å². The summed E-state index contributed by atoms with van der Waals surface area (Å²) in [5.74, 6) is 2.35. The highest BCUT2D eigenvalue weighted by Gasteiger charge is 2.31. The van der Waals surface area contributed by atoms with Crippen molar-refractivity contribution in [2.75, 3.05) is 33.5 Å². The molecule has 2 N–H and O–H groups in total. The molecule has 2 aliphatic rings. The van der Waals surface area contributed by atoms with E-state index in [0.717, 1.165) is 60.5 Å². The molecule has 2 atom stereocenters. The van der Waals surface area contributed by atoms with E-state index in [-0.39, 0.29) is 49.3 Å². The SMILES string of the molecule is COCCOc1cc(CC2C(N)CCCN2C(C)C)nc2c(OCC3CCCCC3)cccc12.Cl.Cl.Cl. The van der Waals surface area contributed by atoms with E-state index < -0.39 is 0 Å². The molecule has 0 amide bonds. The standard InChI is InChI=1S/C28H43N3O3.3ClH/c1-20(2)31-14-8-12-24(29)25(31)17-22-18-27(33-16-15-32-3)23-11-7-13-26(28(23)30-22)34-19-21-9-5-4-6-10-21;;;/h7,11,13,18,20-21,24-25H,4-6,8-10,12,14-17,19,29H2,1-3H3;3*1H. The van der Waals surface area contributed by atoms with Crippen molar-refractivity contribution < 1.29 is 14.2 Å². The van der Waals surface area contributed by atoms with Crippen molar-refractivity contribution in [3.05, 3.63) is 30.0 Å². The van der Waals surface area contributed by atoms with Crippen molar-refractivity contribution in [3.8, 4) is 11.5 Å². The van der Waals surface area contributed by atoms with Crippen LogP contribution in [-0.2, 0) is 11.2 Å². The topological polar surface area (TPSA) is 69.8 Å². The maximum atomic E-state index is 6.62. The average molecular weight is 579 g/mol. The Hall–Kier alpha value is -1.02. The van der Waals surface area contributed by atoms with E-state index in [4.69, 9.17) is 24.9 Å². The van der Waals surface area contributed by atoms with Crippen LogP contribution in [0.1, 0.15) is 64.5 Å². The van der Waals surface area contributed by atoms with Crippen LogP contribution in [0.3, 0.4) is 0 Å². The maximum absolute atomic E-state index is 6.62. The van der Waals surface area contributed by atoms with E-state index in [1.54, 1.807) is 7.11 Å². The van der Waals surface area contributed by atoms with Crippen molar-refractivity contribution in [1.82, 2.24) is 9.88 Å². The highest BCUT2D eigenvalue weighted by atomic mass is 35.5. The Morgan fingerprint density at radius 1 is 0.973 bits per heavy atom. The second-order valence-corrected chi connectivity index (χ2v) is 10.3. The Labute approximate surface area is 241 Å². The number of para-hydroxylation sites is 1. The van der Waals surface area contributed by atoms with Crippen molar-refractivity contribution in [3.63, 3.8) is 0 Å². The second-order valence-electron chi connectivity index (χ2n) is 10.3. The number of ether oxygens (including phenoxy) is 3. The fraction of sp³-hybridized carbons (Fsp3) is 0.679. The highest BCUT2D eigenvalue weighted by molar-refractivity contribution is 5.90. The van der Waals surface area contributed by atoms with Crippen LogP contribution in [0, 0.1) is 5.92 Å². The lowest BCUT2D eigenvalue weighted by Gasteiger charge is -2.42. The largest absolute Gasteiger partial charge is 0.491 e. The summed E-state index contributed by atoms with van der Waals surface area (Å²) in [7, 11) is 1.70. The molecule has 2 aromatic rings. The molecule has 9 heteroatoms. The van der Waals surface area contributed by atoms with Gasteiger partial charge in [0, 0.05) is 48.8 Å². The summed E-state index contributed by atoms with van der Waals surface area (Å²) in [6, 6.07) is 9.17. The summed E-state index contributed by atoms with van der Waals surface area (Å²) >= 11 is 0. The minimum absolute atomic E-state index is 0. The van der Waals surface area contributed by atoms with E-state index in [1.165, 1.54) is 32.1 Å². The summed E-state index contributed by atoms with van der Waals surface area (Å²) in [6.45, 7) is 7.43. The number of rotatable bonds is 10. The molecular weight excluding hydrogens is 533 g/mol. The number of methoxy groups -OCH3 is 1. The zero-order chi connectivity index (χ0) is 23.9. The van der Waals surface area contributed by atoms with E-state index in [2.05, 4.69) is 30.9 Å². The molecule has 212 valence electrons. The summed E-state index contributed by atoms with van der Waals surface area (Å²) in [5.41, 5.74) is 8.53. The molecule has 0 spiro atoms. The fourth-order valence-corrected chi connectivity index (χ4v) is 5.62. The van der Waals surface area contributed by atoms with Gasteiger partial charge in [0.25, 0.3) is 0 Å². The smallest absolute Gasteiger partial charge is 0.145 e. The molecule has 37 heavy (non-hydrogen) atoms. The van der Waals surface area contributed by atoms with Gasteiger partial charge in [0.05, 0.1) is 13.2 Å². The van der Waals surface area contributed by atoms with Gasteiger partial charge in [-0.1, -0.05) is 25.3 Å².